The Morgan fingerprint density at radius 3 is 2.36 bits per heavy atom. The van der Waals surface area contributed by atoms with Gasteiger partial charge in [-0.05, 0) is 12.8 Å². The summed E-state index contributed by atoms with van der Waals surface area (Å²) in [6.07, 6.45) is 1.77. The van der Waals surface area contributed by atoms with Gasteiger partial charge in [0.1, 0.15) is 9.84 Å². The summed E-state index contributed by atoms with van der Waals surface area (Å²) < 4.78 is 22.1. The molecule has 0 saturated heterocycles. The van der Waals surface area contributed by atoms with E-state index in [0.717, 1.165) is 0 Å². The summed E-state index contributed by atoms with van der Waals surface area (Å²) in [7, 11) is -2.89. The third-order valence-electron chi connectivity index (χ3n) is 2.20. The van der Waals surface area contributed by atoms with Gasteiger partial charge in [-0.1, -0.05) is 20.3 Å². The van der Waals surface area contributed by atoms with Gasteiger partial charge in [0.05, 0.1) is 11.7 Å². The van der Waals surface area contributed by atoms with Crippen molar-refractivity contribution in [2.45, 2.75) is 33.1 Å². The van der Waals surface area contributed by atoms with Crippen LogP contribution in [0.3, 0.4) is 0 Å². The highest BCUT2D eigenvalue weighted by Gasteiger charge is 2.11. The molecule has 0 aromatic carbocycles. The van der Waals surface area contributed by atoms with E-state index in [1.807, 2.05) is 0 Å². The van der Waals surface area contributed by atoms with E-state index in [1.54, 1.807) is 13.8 Å². The van der Waals surface area contributed by atoms with Crippen molar-refractivity contribution in [3.8, 4) is 0 Å². The molecule has 0 aliphatic rings. The van der Waals surface area contributed by atoms with Crippen molar-refractivity contribution in [3.63, 3.8) is 0 Å². The zero-order valence-electron chi connectivity index (χ0n) is 8.69. The van der Waals surface area contributed by atoms with Crippen LogP contribution in [-0.4, -0.2) is 31.0 Å². The molecule has 1 unspecified atom stereocenters. The van der Waals surface area contributed by atoms with Crippen molar-refractivity contribution < 1.29 is 18.3 Å². The van der Waals surface area contributed by atoms with Crippen LogP contribution in [-0.2, 0) is 14.6 Å². The fourth-order valence-electron chi connectivity index (χ4n) is 1.04. The van der Waals surface area contributed by atoms with Gasteiger partial charge in [-0.3, -0.25) is 4.79 Å². The lowest BCUT2D eigenvalue weighted by Gasteiger charge is -2.05. The van der Waals surface area contributed by atoms with E-state index in [9.17, 15) is 13.2 Å². The molecule has 4 nitrogen and oxygen atoms in total. The first-order chi connectivity index (χ1) is 6.39. The second-order valence-electron chi connectivity index (χ2n) is 3.47. The van der Waals surface area contributed by atoms with Crippen LogP contribution in [0.25, 0.3) is 0 Å². The minimum absolute atomic E-state index is 0.168. The van der Waals surface area contributed by atoms with Gasteiger partial charge in [0, 0.05) is 5.75 Å². The molecule has 0 bridgehead atoms. The van der Waals surface area contributed by atoms with Crippen LogP contribution in [0.4, 0.5) is 0 Å². The first-order valence-corrected chi connectivity index (χ1v) is 6.64. The Kier molecular flexibility index (Phi) is 5.76. The Bertz CT molecular complexity index is 269. The van der Waals surface area contributed by atoms with Gasteiger partial charge in [-0.2, -0.15) is 0 Å². The molecular weight excluding hydrogens is 204 g/mol. The molecule has 0 amide bonds. The number of hydrogen-bond acceptors (Lipinski definition) is 3. The maximum atomic E-state index is 11.1. The van der Waals surface area contributed by atoms with Crippen LogP contribution in [0.1, 0.15) is 33.1 Å². The standard InChI is InChI=1S/C9H18O4S/c1-3-14(12,13)7-5-4-6-8(2)9(10)11/h8H,3-7H2,1-2H3,(H,10,11). The van der Waals surface area contributed by atoms with Gasteiger partial charge in [0.2, 0.25) is 0 Å². The summed E-state index contributed by atoms with van der Waals surface area (Å²) in [6.45, 7) is 3.26. The minimum atomic E-state index is -2.89. The van der Waals surface area contributed by atoms with E-state index in [0.29, 0.717) is 19.3 Å². The van der Waals surface area contributed by atoms with Crippen LogP contribution in [0.15, 0.2) is 0 Å². The number of rotatable bonds is 7. The van der Waals surface area contributed by atoms with Crippen LogP contribution >= 0.6 is 0 Å². The molecule has 1 atom stereocenters. The molecule has 5 heteroatoms. The van der Waals surface area contributed by atoms with E-state index in [4.69, 9.17) is 5.11 Å². The number of sulfone groups is 1. The average Bonchev–Trinajstić information content (AvgIpc) is 2.12. The predicted octanol–water partition coefficient (Wildman–Crippen LogP) is 1.31. The van der Waals surface area contributed by atoms with E-state index in [-0.39, 0.29) is 17.4 Å². The molecule has 0 aliphatic carbocycles. The maximum Gasteiger partial charge on any atom is 0.306 e. The van der Waals surface area contributed by atoms with Gasteiger partial charge in [-0.25, -0.2) is 8.42 Å². The quantitative estimate of drug-likeness (QED) is 0.659. The molecule has 0 aromatic heterocycles. The first kappa shape index (κ1) is 13.4. The third kappa shape index (κ3) is 5.96. The Hall–Kier alpha value is -0.580. The Morgan fingerprint density at radius 2 is 1.93 bits per heavy atom. The highest BCUT2D eigenvalue weighted by atomic mass is 32.2. The number of carbonyl (C=O) groups is 1. The number of hydrogen-bond donors (Lipinski definition) is 1. The highest BCUT2D eigenvalue weighted by molar-refractivity contribution is 7.91. The van der Waals surface area contributed by atoms with E-state index >= 15 is 0 Å². The summed E-state index contributed by atoms with van der Waals surface area (Å²) in [5, 5.41) is 8.57. The second-order valence-corrected chi connectivity index (χ2v) is 5.94. The molecule has 0 saturated carbocycles. The Balaban J connectivity index is 3.62. The molecule has 0 radical (unpaired) electrons. The fraction of sp³-hybridized carbons (Fsp3) is 0.889. The first-order valence-electron chi connectivity index (χ1n) is 4.82. The van der Waals surface area contributed by atoms with Crippen molar-refractivity contribution >= 4 is 15.8 Å². The summed E-state index contributed by atoms with van der Waals surface area (Å²) >= 11 is 0. The summed E-state index contributed by atoms with van der Waals surface area (Å²) in [6, 6.07) is 0. The summed E-state index contributed by atoms with van der Waals surface area (Å²) in [5.74, 6) is -0.847. The molecule has 0 aliphatic heterocycles. The molecular formula is C9H18O4S. The largest absolute Gasteiger partial charge is 0.481 e. The number of carboxylic acid groups (broad SMARTS) is 1. The van der Waals surface area contributed by atoms with Crippen molar-refractivity contribution in [1.82, 2.24) is 0 Å². The van der Waals surface area contributed by atoms with Crippen LogP contribution in [0, 0.1) is 5.92 Å². The molecule has 1 N–H and O–H groups in total. The fourth-order valence-corrected chi connectivity index (χ4v) is 1.97. The number of unbranched alkanes of at least 4 members (excludes halogenated alkanes) is 1. The topological polar surface area (TPSA) is 71.4 Å². The summed E-state index contributed by atoms with van der Waals surface area (Å²) in [4.78, 5) is 10.4. The highest BCUT2D eigenvalue weighted by Crippen LogP contribution is 2.08. The smallest absolute Gasteiger partial charge is 0.306 e. The zero-order chi connectivity index (χ0) is 11.2. The minimum Gasteiger partial charge on any atom is -0.481 e. The zero-order valence-corrected chi connectivity index (χ0v) is 9.51. The molecule has 0 rings (SSSR count). The van der Waals surface area contributed by atoms with Crippen LogP contribution in [0.2, 0.25) is 0 Å². The average molecular weight is 222 g/mol. The van der Waals surface area contributed by atoms with Crippen molar-refractivity contribution in [1.29, 1.82) is 0 Å². The predicted molar refractivity (Wildman–Crippen MR) is 55.0 cm³/mol. The maximum absolute atomic E-state index is 11.1. The van der Waals surface area contributed by atoms with Crippen LogP contribution < -0.4 is 0 Å². The normalized spacial score (nSPS) is 13.9. The van der Waals surface area contributed by atoms with Gasteiger partial charge >= 0.3 is 5.97 Å². The lowest BCUT2D eigenvalue weighted by molar-refractivity contribution is -0.141. The summed E-state index contributed by atoms with van der Waals surface area (Å²) in [5.41, 5.74) is 0. The lowest BCUT2D eigenvalue weighted by atomic mass is 10.1. The van der Waals surface area contributed by atoms with Gasteiger partial charge < -0.3 is 5.11 Å². The second kappa shape index (κ2) is 6.01. The van der Waals surface area contributed by atoms with Crippen LogP contribution in [0.5, 0.6) is 0 Å². The monoisotopic (exact) mass is 222 g/mol. The Morgan fingerprint density at radius 1 is 1.36 bits per heavy atom. The van der Waals surface area contributed by atoms with Gasteiger partial charge in [0.15, 0.2) is 0 Å². The Labute approximate surface area is 85.2 Å². The number of carboxylic acids is 1. The molecule has 84 valence electrons. The van der Waals surface area contributed by atoms with Crippen molar-refractivity contribution in [3.05, 3.63) is 0 Å². The third-order valence-corrected chi connectivity index (χ3v) is 3.99. The molecule has 0 spiro atoms. The lowest BCUT2D eigenvalue weighted by Crippen LogP contribution is -2.11. The molecule has 0 heterocycles. The van der Waals surface area contributed by atoms with Gasteiger partial charge in [-0.15, -0.1) is 0 Å². The SMILES string of the molecule is CCS(=O)(=O)CCCCC(C)C(=O)O. The molecule has 0 aromatic rings. The van der Waals surface area contributed by atoms with Crippen molar-refractivity contribution in [2.75, 3.05) is 11.5 Å². The van der Waals surface area contributed by atoms with E-state index < -0.39 is 15.8 Å². The molecule has 0 fully saturated rings. The van der Waals surface area contributed by atoms with E-state index in [2.05, 4.69) is 0 Å². The number of aliphatic carboxylic acids is 1. The van der Waals surface area contributed by atoms with Gasteiger partial charge in [0.25, 0.3) is 0 Å². The van der Waals surface area contributed by atoms with E-state index in [1.165, 1.54) is 0 Å². The van der Waals surface area contributed by atoms with Crippen molar-refractivity contribution in [2.24, 2.45) is 5.92 Å². The molecule has 14 heavy (non-hydrogen) atoms.